The van der Waals surface area contributed by atoms with Crippen molar-refractivity contribution < 1.29 is 0 Å². The van der Waals surface area contributed by atoms with Gasteiger partial charge in [0.05, 0.1) is 39.6 Å². The fourth-order valence-electron chi connectivity index (χ4n) is 15.5. The second-order valence-electron chi connectivity index (χ2n) is 25.9. The van der Waals surface area contributed by atoms with Gasteiger partial charge in [0, 0.05) is 55.6 Å². The number of rotatable bonds is 10. The van der Waals surface area contributed by atoms with Gasteiger partial charge >= 0.3 is 0 Å². The Labute approximate surface area is 539 Å². The van der Waals surface area contributed by atoms with Gasteiger partial charge in [0.25, 0.3) is 0 Å². The molecule has 0 saturated heterocycles. The molecular formula is C86H72N6. The van der Waals surface area contributed by atoms with Crippen LogP contribution in [0.15, 0.2) is 219 Å². The molecule has 0 aliphatic heterocycles. The molecule has 6 heteroatoms. The number of aromatic nitrogens is 6. The predicted octanol–water partition coefficient (Wildman–Crippen LogP) is 22.5. The smallest absolute Gasteiger partial charge is 0.164 e. The van der Waals surface area contributed by atoms with Gasteiger partial charge in [0.15, 0.2) is 17.5 Å². The van der Waals surface area contributed by atoms with E-state index in [2.05, 4.69) is 268 Å². The molecule has 15 rings (SSSR count). The van der Waals surface area contributed by atoms with Crippen LogP contribution in [0.2, 0.25) is 0 Å². The summed E-state index contributed by atoms with van der Waals surface area (Å²) in [7, 11) is 0. The summed E-state index contributed by atoms with van der Waals surface area (Å²) in [5, 5.41) is 4.68. The van der Waals surface area contributed by atoms with Crippen molar-refractivity contribution in [3.8, 4) is 101 Å². The van der Waals surface area contributed by atoms with E-state index >= 15 is 0 Å². The number of hydrogen-bond donors (Lipinski definition) is 0. The van der Waals surface area contributed by atoms with E-state index in [0.29, 0.717) is 17.5 Å². The zero-order chi connectivity index (χ0) is 63.4. The first kappa shape index (κ1) is 57.6. The second kappa shape index (κ2) is 22.6. The highest BCUT2D eigenvalue weighted by molar-refractivity contribution is 6.14. The number of aryl methyl sites for hydroxylation is 12. The minimum Gasteiger partial charge on any atom is -0.309 e. The molecule has 0 atom stereocenters. The van der Waals surface area contributed by atoms with E-state index in [1.165, 1.54) is 122 Å². The third kappa shape index (κ3) is 9.89. The molecule has 0 radical (unpaired) electrons. The Morgan fingerprint density at radius 3 is 0.880 bits per heavy atom. The molecule has 6 nitrogen and oxygen atoms in total. The molecule has 11 aromatic carbocycles. The van der Waals surface area contributed by atoms with Crippen molar-refractivity contribution >= 4 is 43.6 Å². The zero-order valence-corrected chi connectivity index (χ0v) is 54.5. The largest absolute Gasteiger partial charge is 0.309 e. The SMILES string of the molecule is Cc1cc(C)c(-c2ccc3c(c2)c2cc(-c4c(C)cc(C)cc4C)ccc2n3-c2cnccc2-c2ccc(-c3nc(-c4ccccc4)nc(-c4ccccc4)n3)cc2-n2c3ccc(-c4c(C)cc(C)cc4C)cc3c3cc(-c4c(C)cc(C)cc4C)ccc32)c(C)c1. The zero-order valence-electron chi connectivity index (χ0n) is 54.5. The Bertz CT molecular complexity index is 5150. The van der Waals surface area contributed by atoms with Gasteiger partial charge in [-0.3, -0.25) is 4.98 Å². The van der Waals surface area contributed by atoms with Crippen molar-refractivity contribution in [2.24, 2.45) is 0 Å². The maximum Gasteiger partial charge on any atom is 0.164 e. The highest BCUT2D eigenvalue weighted by Gasteiger charge is 2.25. The molecule has 4 aromatic heterocycles. The van der Waals surface area contributed by atoms with E-state index in [1.807, 2.05) is 42.6 Å². The minimum atomic E-state index is 0.577. The van der Waals surface area contributed by atoms with E-state index in [0.717, 1.165) is 72.0 Å². The van der Waals surface area contributed by atoms with Gasteiger partial charge in [-0.1, -0.05) is 168 Å². The molecule has 0 aliphatic rings. The normalized spacial score (nSPS) is 11.7. The molecule has 446 valence electrons. The lowest BCUT2D eigenvalue weighted by Crippen LogP contribution is -2.04. The van der Waals surface area contributed by atoms with E-state index in [-0.39, 0.29) is 0 Å². The Hall–Kier alpha value is -10.8. The van der Waals surface area contributed by atoms with E-state index in [9.17, 15) is 0 Å². The first-order chi connectivity index (χ1) is 44.5. The number of nitrogens with zero attached hydrogens (tertiary/aromatic N) is 6. The monoisotopic (exact) mass is 1190 g/mol. The Balaban J connectivity index is 1.03. The van der Waals surface area contributed by atoms with Gasteiger partial charge in [-0.2, -0.15) is 0 Å². The molecule has 0 aliphatic carbocycles. The average molecular weight is 1190 g/mol. The lowest BCUT2D eigenvalue weighted by Gasteiger charge is -2.20. The Kier molecular flexibility index (Phi) is 14.1. The molecule has 92 heavy (non-hydrogen) atoms. The van der Waals surface area contributed by atoms with Crippen molar-refractivity contribution in [2.75, 3.05) is 0 Å². The summed E-state index contributed by atoms with van der Waals surface area (Å²) in [6, 6.07) is 76.3. The average Bonchev–Trinajstić information content (AvgIpc) is 1.56. The Morgan fingerprint density at radius 1 is 0.250 bits per heavy atom. The van der Waals surface area contributed by atoms with Crippen molar-refractivity contribution in [3.05, 3.63) is 285 Å². The first-order valence-corrected chi connectivity index (χ1v) is 32.0. The van der Waals surface area contributed by atoms with Crippen LogP contribution in [0.5, 0.6) is 0 Å². The van der Waals surface area contributed by atoms with Crippen LogP contribution in [0, 0.1) is 83.1 Å². The molecule has 4 heterocycles. The van der Waals surface area contributed by atoms with Gasteiger partial charge in [-0.05, 0) is 233 Å². The van der Waals surface area contributed by atoms with Crippen molar-refractivity contribution in [2.45, 2.75) is 83.1 Å². The molecule has 0 amide bonds. The van der Waals surface area contributed by atoms with E-state index in [1.54, 1.807) is 0 Å². The van der Waals surface area contributed by atoms with Crippen LogP contribution in [0.25, 0.3) is 145 Å². The van der Waals surface area contributed by atoms with Gasteiger partial charge in [0.2, 0.25) is 0 Å². The molecule has 0 bridgehead atoms. The quantitative estimate of drug-likeness (QED) is 0.137. The fraction of sp³-hybridized carbons (Fsp3) is 0.140. The van der Waals surface area contributed by atoms with Crippen molar-refractivity contribution in [3.63, 3.8) is 0 Å². The summed E-state index contributed by atoms with van der Waals surface area (Å²) in [5.74, 6) is 1.79. The summed E-state index contributed by atoms with van der Waals surface area (Å²) in [6.07, 6.45) is 4.00. The standard InChI is InChI=1S/C86H72N6/c1-49-35-53(5)80(54(6)36-49)63-24-29-74-70(43-63)71-44-64(81-55(7)37-50(2)38-56(81)8)25-30-75(71)91(74)78-47-67(86-89-84(61-19-15-13-16-20-61)88-85(90-86)62-21-17-14-18-22-62)23-28-68(78)69-33-34-87-48-79(69)92-76-31-26-65(82-57(9)39-51(3)40-58(82)10)45-72(76)73-46-66(27-32-77(73)92)83-59(11)41-52(4)42-60(83)12/h13-48H,1-12H3. The van der Waals surface area contributed by atoms with Gasteiger partial charge in [-0.15, -0.1) is 0 Å². The lowest BCUT2D eigenvalue weighted by molar-refractivity contribution is 1.07. The molecule has 15 aromatic rings. The number of hydrogen-bond acceptors (Lipinski definition) is 4. The number of pyridine rings is 1. The first-order valence-electron chi connectivity index (χ1n) is 32.0. The third-order valence-electron chi connectivity index (χ3n) is 18.9. The van der Waals surface area contributed by atoms with Gasteiger partial charge in [-0.25, -0.2) is 15.0 Å². The topological polar surface area (TPSA) is 61.4 Å². The summed E-state index contributed by atoms with van der Waals surface area (Å²) < 4.78 is 4.94. The van der Waals surface area contributed by atoms with Crippen LogP contribution < -0.4 is 0 Å². The predicted molar refractivity (Wildman–Crippen MR) is 387 cm³/mol. The number of fused-ring (bicyclic) bond motifs is 6. The number of benzene rings is 11. The Morgan fingerprint density at radius 2 is 0.543 bits per heavy atom. The van der Waals surface area contributed by atoms with Gasteiger partial charge < -0.3 is 9.13 Å². The van der Waals surface area contributed by atoms with Crippen LogP contribution in [0.4, 0.5) is 0 Å². The van der Waals surface area contributed by atoms with E-state index < -0.39 is 0 Å². The lowest BCUT2D eigenvalue weighted by atomic mass is 9.91. The van der Waals surface area contributed by atoms with E-state index in [4.69, 9.17) is 19.9 Å². The maximum atomic E-state index is 5.35. The molecule has 0 spiro atoms. The highest BCUT2D eigenvalue weighted by atomic mass is 15.0. The molecule has 0 unspecified atom stereocenters. The molecule has 0 fully saturated rings. The van der Waals surface area contributed by atoms with Crippen LogP contribution >= 0.6 is 0 Å². The van der Waals surface area contributed by atoms with Crippen molar-refractivity contribution in [1.29, 1.82) is 0 Å². The van der Waals surface area contributed by atoms with Crippen LogP contribution in [0.3, 0.4) is 0 Å². The maximum absolute atomic E-state index is 5.35. The summed E-state index contributed by atoms with van der Waals surface area (Å²) in [4.78, 5) is 20.9. The summed E-state index contributed by atoms with van der Waals surface area (Å²) in [5.41, 5.74) is 36.1. The molecular weight excluding hydrogens is 1120 g/mol. The van der Waals surface area contributed by atoms with Crippen LogP contribution in [0.1, 0.15) is 66.8 Å². The highest BCUT2D eigenvalue weighted by Crippen LogP contribution is 2.46. The second-order valence-corrected chi connectivity index (χ2v) is 25.9. The molecule has 0 saturated carbocycles. The fourth-order valence-corrected chi connectivity index (χ4v) is 15.5. The minimum absolute atomic E-state index is 0.577. The van der Waals surface area contributed by atoms with Crippen LogP contribution in [-0.4, -0.2) is 29.1 Å². The summed E-state index contributed by atoms with van der Waals surface area (Å²) >= 11 is 0. The third-order valence-corrected chi connectivity index (χ3v) is 18.9. The van der Waals surface area contributed by atoms with Crippen LogP contribution in [-0.2, 0) is 0 Å². The molecule has 0 N–H and O–H groups in total. The summed E-state index contributed by atoms with van der Waals surface area (Å²) in [6.45, 7) is 26.7. The van der Waals surface area contributed by atoms with Gasteiger partial charge in [0.1, 0.15) is 0 Å². The van der Waals surface area contributed by atoms with Crippen molar-refractivity contribution in [1.82, 2.24) is 29.1 Å².